The Morgan fingerprint density at radius 2 is 1.59 bits per heavy atom. The number of ether oxygens (including phenoxy) is 4. The van der Waals surface area contributed by atoms with Gasteiger partial charge in [-0.05, 0) is 0 Å². The Bertz CT molecular complexity index is 611. The van der Waals surface area contributed by atoms with Gasteiger partial charge in [-0.15, -0.1) is 0 Å². The smallest absolute Gasteiger partial charge is 0.303 e. The van der Waals surface area contributed by atoms with Gasteiger partial charge >= 0.3 is 17.9 Å². The number of carbonyl (C=O) groups excluding carboxylic acids is 4. The van der Waals surface area contributed by atoms with Crippen LogP contribution in [0.3, 0.4) is 0 Å². The van der Waals surface area contributed by atoms with Crippen molar-refractivity contribution in [3.05, 3.63) is 11.6 Å². The Balaban J connectivity index is 3.29. The van der Waals surface area contributed by atoms with E-state index in [9.17, 15) is 19.2 Å². The molecule has 3 N–H and O–H groups in total. The first-order valence-corrected chi connectivity index (χ1v) is 8.90. The standard InChI is InChI=1S/C16H24N2O8S/c1-7(17)27-16-13(18-8(2)19)15(25-11(5)22)14(24-10(4)21)12(26-16)6-23-9(3)20/h12-16H,1,6,17H2,2-5H3,(H,18,19). The van der Waals surface area contributed by atoms with Crippen LogP contribution in [0.4, 0.5) is 0 Å². The van der Waals surface area contributed by atoms with Gasteiger partial charge in [0, 0.05) is 27.7 Å². The molecule has 5 atom stereocenters. The minimum Gasteiger partial charge on any atom is -0.463 e. The molecule has 0 aromatic heterocycles. The van der Waals surface area contributed by atoms with Gasteiger partial charge in [0.15, 0.2) is 12.2 Å². The monoisotopic (exact) mass is 404 g/mol. The normalized spacial score (nSPS) is 27.2. The lowest BCUT2D eigenvalue weighted by Crippen LogP contribution is -2.65. The van der Waals surface area contributed by atoms with Crippen LogP contribution in [0.15, 0.2) is 11.6 Å². The number of nitrogens with two attached hydrogens (primary N) is 1. The van der Waals surface area contributed by atoms with E-state index < -0.39 is 53.6 Å². The molecule has 1 saturated heterocycles. The molecule has 0 aromatic rings. The lowest BCUT2D eigenvalue weighted by Gasteiger charge is -2.45. The molecule has 27 heavy (non-hydrogen) atoms. The van der Waals surface area contributed by atoms with Crippen molar-refractivity contribution >= 4 is 35.6 Å². The summed E-state index contributed by atoms with van der Waals surface area (Å²) in [5, 5.41) is 2.81. The summed E-state index contributed by atoms with van der Waals surface area (Å²) in [7, 11) is 0. The summed E-state index contributed by atoms with van der Waals surface area (Å²) < 4.78 is 21.4. The number of nitrogens with one attached hydrogen (secondary N) is 1. The maximum absolute atomic E-state index is 11.7. The zero-order valence-corrected chi connectivity index (χ0v) is 16.4. The highest BCUT2D eigenvalue weighted by molar-refractivity contribution is 8.03. The fraction of sp³-hybridized carbons (Fsp3) is 0.625. The van der Waals surface area contributed by atoms with Crippen LogP contribution >= 0.6 is 11.8 Å². The molecule has 1 aliphatic rings. The van der Waals surface area contributed by atoms with Crippen molar-refractivity contribution in [2.24, 2.45) is 5.73 Å². The van der Waals surface area contributed by atoms with E-state index in [0.717, 1.165) is 11.8 Å². The van der Waals surface area contributed by atoms with E-state index in [4.69, 9.17) is 24.7 Å². The molecule has 11 heteroatoms. The zero-order chi connectivity index (χ0) is 20.7. The number of carbonyl (C=O) groups is 4. The van der Waals surface area contributed by atoms with Crippen LogP contribution in [-0.2, 0) is 38.1 Å². The fourth-order valence-electron chi connectivity index (χ4n) is 2.54. The second kappa shape index (κ2) is 10.2. The Labute approximate surface area is 161 Å². The number of thioether (sulfide) groups is 1. The first-order valence-electron chi connectivity index (χ1n) is 8.02. The van der Waals surface area contributed by atoms with E-state index in [1.807, 2.05) is 0 Å². The molecule has 0 bridgehead atoms. The fourth-order valence-corrected chi connectivity index (χ4v) is 3.41. The van der Waals surface area contributed by atoms with Gasteiger partial charge in [0.25, 0.3) is 0 Å². The van der Waals surface area contributed by atoms with E-state index in [0.29, 0.717) is 0 Å². The molecule has 0 saturated carbocycles. The van der Waals surface area contributed by atoms with Gasteiger partial charge in [-0.3, -0.25) is 19.2 Å². The van der Waals surface area contributed by atoms with E-state index >= 15 is 0 Å². The second-order valence-electron chi connectivity index (χ2n) is 5.80. The van der Waals surface area contributed by atoms with Crippen LogP contribution < -0.4 is 11.1 Å². The van der Waals surface area contributed by atoms with Crippen molar-refractivity contribution in [1.82, 2.24) is 5.32 Å². The summed E-state index contributed by atoms with van der Waals surface area (Å²) in [5.74, 6) is -2.31. The van der Waals surface area contributed by atoms with E-state index in [2.05, 4.69) is 11.9 Å². The average Bonchev–Trinajstić information content (AvgIpc) is 2.49. The van der Waals surface area contributed by atoms with Gasteiger partial charge in [-0.2, -0.15) is 0 Å². The van der Waals surface area contributed by atoms with Gasteiger partial charge in [-0.25, -0.2) is 0 Å². The van der Waals surface area contributed by atoms with Crippen molar-refractivity contribution in [2.45, 2.75) is 57.5 Å². The third-order valence-electron chi connectivity index (χ3n) is 3.34. The molecule has 0 radical (unpaired) electrons. The lowest BCUT2D eigenvalue weighted by atomic mass is 9.97. The minimum absolute atomic E-state index is 0.189. The second-order valence-corrected chi connectivity index (χ2v) is 7.03. The molecule has 5 unspecified atom stereocenters. The Morgan fingerprint density at radius 3 is 2.04 bits per heavy atom. The number of hydrogen-bond acceptors (Lipinski definition) is 10. The van der Waals surface area contributed by atoms with Crippen molar-refractivity contribution in [3.8, 4) is 0 Å². The first-order chi connectivity index (χ1) is 12.5. The Hall–Kier alpha value is -2.27. The van der Waals surface area contributed by atoms with Crippen molar-refractivity contribution in [2.75, 3.05) is 6.61 Å². The lowest BCUT2D eigenvalue weighted by molar-refractivity contribution is -0.211. The third-order valence-corrected chi connectivity index (χ3v) is 4.28. The van der Waals surface area contributed by atoms with E-state index in [1.54, 1.807) is 0 Å². The zero-order valence-electron chi connectivity index (χ0n) is 15.6. The molecule has 10 nitrogen and oxygen atoms in total. The van der Waals surface area contributed by atoms with Crippen molar-refractivity contribution in [3.63, 3.8) is 0 Å². The third kappa shape index (κ3) is 7.47. The van der Waals surface area contributed by atoms with Crippen LogP contribution in [0.25, 0.3) is 0 Å². The molecule has 1 heterocycles. The topological polar surface area (TPSA) is 143 Å². The van der Waals surface area contributed by atoms with Crippen LogP contribution in [0, 0.1) is 0 Å². The average molecular weight is 404 g/mol. The first kappa shape index (κ1) is 22.8. The maximum atomic E-state index is 11.7. The van der Waals surface area contributed by atoms with Crippen molar-refractivity contribution < 1.29 is 38.1 Å². The van der Waals surface area contributed by atoms with Gasteiger partial charge in [-0.1, -0.05) is 18.3 Å². The molecule has 1 aliphatic heterocycles. The van der Waals surface area contributed by atoms with Crippen LogP contribution in [0.2, 0.25) is 0 Å². The summed E-state index contributed by atoms with van der Waals surface area (Å²) in [6.45, 7) is 8.16. The van der Waals surface area contributed by atoms with Gasteiger partial charge in [0.1, 0.15) is 24.2 Å². The SMILES string of the molecule is C=C(N)SC1OC(COC(C)=O)C(OC(C)=O)C(OC(C)=O)C1NC(C)=O. The molecule has 1 fully saturated rings. The Kier molecular flexibility index (Phi) is 8.57. The number of hydrogen-bond donors (Lipinski definition) is 2. The quantitative estimate of drug-likeness (QED) is 0.432. The van der Waals surface area contributed by atoms with E-state index in [-0.39, 0.29) is 11.6 Å². The molecule has 152 valence electrons. The number of rotatable bonds is 7. The highest BCUT2D eigenvalue weighted by Crippen LogP contribution is 2.34. The summed E-state index contributed by atoms with van der Waals surface area (Å²) in [5.41, 5.74) is 4.81. The molecule has 1 rings (SSSR count). The molecular formula is C16H24N2O8S. The minimum atomic E-state index is -1.12. The van der Waals surface area contributed by atoms with Crippen LogP contribution in [0.1, 0.15) is 27.7 Å². The highest BCUT2D eigenvalue weighted by atomic mass is 32.2. The maximum Gasteiger partial charge on any atom is 0.303 e. The van der Waals surface area contributed by atoms with Gasteiger partial charge in [0.05, 0.1) is 5.03 Å². The van der Waals surface area contributed by atoms with Crippen LogP contribution in [0.5, 0.6) is 0 Å². The summed E-state index contributed by atoms with van der Waals surface area (Å²) in [4.78, 5) is 46.0. The molecule has 1 amide bonds. The molecule has 0 aromatic carbocycles. The largest absolute Gasteiger partial charge is 0.463 e. The van der Waals surface area contributed by atoms with E-state index in [1.165, 1.54) is 27.7 Å². The predicted molar refractivity (Wildman–Crippen MR) is 94.9 cm³/mol. The number of amides is 1. The molecular weight excluding hydrogens is 380 g/mol. The number of esters is 3. The van der Waals surface area contributed by atoms with Crippen molar-refractivity contribution in [1.29, 1.82) is 0 Å². The predicted octanol–water partition coefficient (Wildman–Crippen LogP) is -0.194. The van der Waals surface area contributed by atoms with Crippen LogP contribution in [-0.4, -0.2) is 60.2 Å². The molecule has 0 aliphatic carbocycles. The summed E-state index contributed by atoms with van der Waals surface area (Å²) in [6, 6.07) is -0.894. The Morgan fingerprint density at radius 1 is 1.04 bits per heavy atom. The molecule has 0 spiro atoms. The van der Waals surface area contributed by atoms with Gasteiger partial charge in [0.2, 0.25) is 5.91 Å². The highest BCUT2D eigenvalue weighted by Gasteiger charge is 2.51. The summed E-state index contributed by atoms with van der Waals surface area (Å²) in [6.07, 6.45) is -3.17. The summed E-state index contributed by atoms with van der Waals surface area (Å²) >= 11 is 0.989. The van der Waals surface area contributed by atoms with Gasteiger partial charge < -0.3 is 30.0 Å².